The van der Waals surface area contributed by atoms with Gasteiger partial charge >= 0.3 is 0 Å². The molecule has 0 amide bonds. The third-order valence-corrected chi connectivity index (χ3v) is 3.50. The van der Waals surface area contributed by atoms with Gasteiger partial charge in [-0.05, 0) is 24.5 Å². The minimum absolute atomic E-state index is 0.991. The summed E-state index contributed by atoms with van der Waals surface area (Å²) < 4.78 is 0. The molecule has 2 unspecified atom stereocenters. The van der Waals surface area contributed by atoms with E-state index in [-0.39, 0.29) is 0 Å². The van der Waals surface area contributed by atoms with E-state index in [4.69, 9.17) is 0 Å². The van der Waals surface area contributed by atoms with Gasteiger partial charge in [0.15, 0.2) is 0 Å². The van der Waals surface area contributed by atoms with Crippen LogP contribution in [0, 0.1) is 5.92 Å². The van der Waals surface area contributed by atoms with Gasteiger partial charge in [-0.2, -0.15) is 11.8 Å². The second kappa shape index (κ2) is 2.77. The van der Waals surface area contributed by atoms with Crippen molar-refractivity contribution in [1.82, 2.24) is 0 Å². The SMILES string of the molecule is CCC1CC(C)CS1. The van der Waals surface area contributed by atoms with Crippen LogP contribution in [0.3, 0.4) is 0 Å². The van der Waals surface area contributed by atoms with E-state index >= 15 is 0 Å². The summed E-state index contributed by atoms with van der Waals surface area (Å²) in [6.07, 6.45) is 2.83. The first kappa shape index (κ1) is 6.47. The maximum Gasteiger partial charge on any atom is 0.00473 e. The van der Waals surface area contributed by atoms with Gasteiger partial charge in [-0.15, -0.1) is 0 Å². The highest BCUT2D eigenvalue weighted by Gasteiger charge is 2.19. The van der Waals surface area contributed by atoms with Crippen molar-refractivity contribution < 1.29 is 0 Å². The van der Waals surface area contributed by atoms with E-state index in [0.29, 0.717) is 0 Å². The minimum atomic E-state index is 0.991. The van der Waals surface area contributed by atoms with Gasteiger partial charge in [0.2, 0.25) is 0 Å². The Labute approximate surface area is 56.0 Å². The molecule has 1 saturated heterocycles. The van der Waals surface area contributed by atoms with Crippen LogP contribution in [0.5, 0.6) is 0 Å². The number of hydrogen-bond donors (Lipinski definition) is 0. The second-order valence-corrected chi connectivity index (χ2v) is 4.04. The summed E-state index contributed by atoms with van der Waals surface area (Å²) in [4.78, 5) is 0. The monoisotopic (exact) mass is 130 g/mol. The van der Waals surface area contributed by atoms with Gasteiger partial charge in [-0.1, -0.05) is 13.8 Å². The molecule has 0 saturated carbocycles. The molecular formula is C7H14S. The molecule has 1 aliphatic rings. The van der Waals surface area contributed by atoms with Crippen molar-refractivity contribution in [2.24, 2.45) is 5.92 Å². The maximum atomic E-state index is 2.35. The average Bonchev–Trinajstić information content (AvgIpc) is 2.14. The highest BCUT2D eigenvalue weighted by atomic mass is 32.2. The Bertz CT molecular complexity index is 70.8. The molecule has 0 aromatic rings. The Balaban J connectivity index is 2.22. The zero-order valence-corrected chi connectivity index (χ0v) is 6.50. The molecule has 1 heteroatoms. The molecule has 1 rings (SSSR count). The van der Waals surface area contributed by atoms with Crippen LogP contribution in [0.25, 0.3) is 0 Å². The third-order valence-electron chi connectivity index (χ3n) is 1.74. The van der Waals surface area contributed by atoms with Gasteiger partial charge in [0.25, 0.3) is 0 Å². The summed E-state index contributed by atoms with van der Waals surface area (Å²) in [5, 5.41) is 0.991. The Morgan fingerprint density at radius 3 is 2.62 bits per heavy atom. The van der Waals surface area contributed by atoms with Crippen molar-refractivity contribution in [2.45, 2.75) is 31.9 Å². The van der Waals surface area contributed by atoms with Crippen molar-refractivity contribution in [2.75, 3.05) is 5.75 Å². The lowest BCUT2D eigenvalue weighted by Gasteiger charge is -2.01. The molecule has 1 aliphatic heterocycles. The Kier molecular flexibility index (Phi) is 2.24. The first-order valence-electron chi connectivity index (χ1n) is 3.44. The Morgan fingerprint density at radius 2 is 2.38 bits per heavy atom. The van der Waals surface area contributed by atoms with E-state index in [0.717, 1.165) is 11.2 Å². The van der Waals surface area contributed by atoms with Crippen LogP contribution in [0.4, 0.5) is 0 Å². The van der Waals surface area contributed by atoms with E-state index < -0.39 is 0 Å². The fraction of sp³-hybridized carbons (Fsp3) is 1.00. The van der Waals surface area contributed by atoms with Gasteiger partial charge in [0.05, 0.1) is 0 Å². The predicted molar refractivity (Wildman–Crippen MR) is 40.3 cm³/mol. The molecular weight excluding hydrogens is 116 g/mol. The summed E-state index contributed by atoms with van der Waals surface area (Å²) in [5.74, 6) is 2.39. The van der Waals surface area contributed by atoms with Gasteiger partial charge in [0, 0.05) is 5.25 Å². The van der Waals surface area contributed by atoms with Gasteiger partial charge in [-0.25, -0.2) is 0 Å². The van der Waals surface area contributed by atoms with E-state index in [9.17, 15) is 0 Å². The Morgan fingerprint density at radius 1 is 1.62 bits per heavy atom. The predicted octanol–water partition coefficient (Wildman–Crippen LogP) is 2.54. The number of thioether (sulfide) groups is 1. The highest BCUT2D eigenvalue weighted by Crippen LogP contribution is 2.32. The van der Waals surface area contributed by atoms with Crippen LogP contribution in [0.1, 0.15) is 26.7 Å². The second-order valence-electron chi connectivity index (χ2n) is 2.70. The van der Waals surface area contributed by atoms with Crippen LogP contribution in [0.2, 0.25) is 0 Å². The quantitative estimate of drug-likeness (QED) is 0.525. The van der Waals surface area contributed by atoms with E-state index in [1.165, 1.54) is 18.6 Å². The lowest BCUT2D eigenvalue weighted by molar-refractivity contribution is 0.601. The summed E-state index contributed by atoms with van der Waals surface area (Å²) >= 11 is 2.15. The maximum absolute atomic E-state index is 2.35. The average molecular weight is 130 g/mol. The van der Waals surface area contributed by atoms with Crippen molar-refractivity contribution in [3.05, 3.63) is 0 Å². The molecule has 0 aliphatic carbocycles. The molecule has 1 heterocycles. The molecule has 0 aromatic carbocycles. The van der Waals surface area contributed by atoms with Crippen LogP contribution in [-0.4, -0.2) is 11.0 Å². The first-order chi connectivity index (χ1) is 3.83. The molecule has 8 heavy (non-hydrogen) atoms. The van der Waals surface area contributed by atoms with Crippen molar-refractivity contribution in [1.29, 1.82) is 0 Å². The van der Waals surface area contributed by atoms with Crippen LogP contribution in [0.15, 0.2) is 0 Å². The lowest BCUT2D eigenvalue weighted by atomic mass is 10.1. The zero-order chi connectivity index (χ0) is 5.98. The van der Waals surface area contributed by atoms with Crippen molar-refractivity contribution in [3.63, 3.8) is 0 Å². The van der Waals surface area contributed by atoms with Crippen molar-refractivity contribution in [3.8, 4) is 0 Å². The molecule has 2 atom stereocenters. The first-order valence-corrected chi connectivity index (χ1v) is 4.49. The third kappa shape index (κ3) is 1.41. The van der Waals surface area contributed by atoms with Gasteiger partial charge in [0.1, 0.15) is 0 Å². The summed E-state index contributed by atoms with van der Waals surface area (Å²) in [5.41, 5.74) is 0. The standard InChI is InChI=1S/C7H14S/c1-3-7-4-6(2)5-8-7/h6-7H,3-5H2,1-2H3. The topological polar surface area (TPSA) is 0 Å². The molecule has 48 valence electrons. The number of hydrogen-bond acceptors (Lipinski definition) is 1. The normalized spacial score (nSPS) is 38.2. The van der Waals surface area contributed by atoms with Crippen LogP contribution in [-0.2, 0) is 0 Å². The zero-order valence-electron chi connectivity index (χ0n) is 5.68. The minimum Gasteiger partial charge on any atom is -0.158 e. The molecule has 0 aromatic heterocycles. The molecule has 0 nitrogen and oxygen atoms in total. The van der Waals surface area contributed by atoms with Crippen LogP contribution >= 0.6 is 11.8 Å². The number of rotatable bonds is 1. The Hall–Kier alpha value is 0.350. The van der Waals surface area contributed by atoms with Crippen molar-refractivity contribution >= 4 is 11.8 Å². The summed E-state index contributed by atoms with van der Waals surface area (Å²) in [7, 11) is 0. The fourth-order valence-corrected chi connectivity index (χ4v) is 2.61. The molecule has 0 bridgehead atoms. The highest BCUT2D eigenvalue weighted by molar-refractivity contribution is 8.00. The summed E-state index contributed by atoms with van der Waals surface area (Å²) in [6.45, 7) is 4.64. The molecule has 0 spiro atoms. The van der Waals surface area contributed by atoms with E-state index in [2.05, 4.69) is 25.6 Å². The largest absolute Gasteiger partial charge is 0.158 e. The lowest BCUT2D eigenvalue weighted by Crippen LogP contribution is -1.95. The van der Waals surface area contributed by atoms with Crippen LogP contribution < -0.4 is 0 Å². The van der Waals surface area contributed by atoms with Gasteiger partial charge < -0.3 is 0 Å². The van der Waals surface area contributed by atoms with E-state index in [1.807, 2.05) is 0 Å². The summed E-state index contributed by atoms with van der Waals surface area (Å²) in [6, 6.07) is 0. The van der Waals surface area contributed by atoms with Gasteiger partial charge in [-0.3, -0.25) is 0 Å². The molecule has 1 fully saturated rings. The van der Waals surface area contributed by atoms with E-state index in [1.54, 1.807) is 0 Å². The molecule has 0 N–H and O–H groups in total. The molecule has 0 radical (unpaired) electrons. The smallest absolute Gasteiger partial charge is 0.00473 e. The fourth-order valence-electron chi connectivity index (χ4n) is 1.17.